The molecule has 0 fully saturated rings. The van der Waals surface area contributed by atoms with Crippen LogP contribution in [-0.4, -0.2) is 41.2 Å². The van der Waals surface area contributed by atoms with Crippen LogP contribution in [0.3, 0.4) is 0 Å². The number of carbonyl (C=O) groups is 1. The summed E-state index contributed by atoms with van der Waals surface area (Å²) in [7, 11) is 0. The molecule has 1 atom stereocenters. The number of nitrogens with one attached hydrogen (secondary N) is 1. The lowest BCUT2D eigenvalue weighted by Crippen LogP contribution is -3.13. The molecule has 0 amide bonds. The largest absolute Gasteiger partial charge is 0.385 e. The Labute approximate surface area is 192 Å². The van der Waals surface area contributed by atoms with Crippen molar-refractivity contribution in [2.75, 3.05) is 19.6 Å². The second-order valence-corrected chi connectivity index (χ2v) is 8.63. The fourth-order valence-electron chi connectivity index (χ4n) is 4.23. The number of aliphatic hydroxyl groups is 1. The van der Waals surface area contributed by atoms with Crippen molar-refractivity contribution in [3.63, 3.8) is 0 Å². The number of aliphatic hydroxyl groups excluding tert-OH is 1. The lowest BCUT2D eigenvalue weighted by atomic mass is 10.1. The van der Waals surface area contributed by atoms with Crippen LogP contribution in [0.1, 0.15) is 55.5 Å². The molecule has 3 rings (SSSR count). The Morgan fingerprint density at radius 3 is 2.34 bits per heavy atom. The lowest BCUT2D eigenvalue weighted by Gasteiger charge is -2.22. The average molecular weight is 434 g/mol. The van der Waals surface area contributed by atoms with E-state index in [0.29, 0.717) is 12.1 Å². The molecule has 2 N–H and O–H groups in total. The van der Waals surface area contributed by atoms with Crippen molar-refractivity contribution >= 4 is 22.8 Å². The number of fused-ring (bicyclic) bond motifs is 1. The summed E-state index contributed by atoms with van der Waals surface area (Å²) < 4.78 is 2.13. The molecule has 0 aliphatic rings. The molecule has 1 aromatic heterocycles. The van der Waals surface area contributed by atoms with Crippen LogP contribution in [-0.2, 0) is 6.54 Å². The molecule has 32 heavy (non-hydrogen) atoms. The van der Waals surface area contributed by atoms with Gasteiger partial charge in [0, 0.05) is 28.2 Å². The van der Waals surface area contributed by atoms with E-state index in [1.807, 2.05) is 48.5 Å². The number of allylic oxidation sites excluding steroid dienone is 1. The molecule has 4 nitrogen and oxygen atoms in total. The highest BCUT2D eigenvalue weighted by atomic mass is 16.3. The molecule has 170 valence electrons. The number of unbranched alkanes of at least 4 members (excludes halogenated alkanes) is 2. The summed E-state index contributed by atoms with van der Waals surface area (Å²) >= 11 is 0. The van der Waals surface area contributed by atoms with E-state index in [-0.39, 0.29) is 5.78 Å². The molecule has 0 aliphatic carbocycles. The first-order valence-electron chi connectivity index (χ1n) is 12.0. The molecular weight excluding hydrogens is 396 g/mol. The smallest absolute Gasteiger partial charge is 0.185 e. The van der Waals surface area contributed by atoms with E-state index in [4.69, 9.17) is 0 Å². The molecule has 0 unspecified atom stereocenters. The summed E-state index contributed by atoms with van der Waals surface area (Å²) in [5.41, 5.74) is 2.77. The molecular formula is C28H37N2O2+. The van der Waals surface area contributed by atoms with Crippen LogP contribution in [0.25, 0.3) is 17.0 Å². The van der Waals surface area contributed by atoms with Crippen molar-refractivity contribution in [3.8, 4) is 0 Å². The molecule has 2 aromatic carbocycles. The van der Waals surface area contributed by atoms with Gasteiger partial charge in [-0.1, -0.05) is 75.2 Å². The molecule has 1 heterocycles. The normalized spacial score (nSPS) is 12.8. The highest BCUT2D eigenvalue weighted by Gasteiger charge is 2.17. The average Bonchev–Trinajstić information content (AvgIpc) is 3.17. The van der Waals surface area contributed by atoms with Gasteiger partial charge >= 0.3 is 0 Å². The van der Waals surface area contributed by atoms with Crippen molar-refractivity contribution in [3.05, 3.63) is 78.0 Å². The van der Waals surface area contributed by atoms with Gasteiger partial charge in [0.05, 0.1) is 19.6 Å². The second kappa shape index (κ2) is 12.4. The summed E-state index contributed by atoms with van der Waals surface area (Å²) in [6.45, 7) is 8.01. The SMILES string of the molecule is CCCC[NH+](CCCC)C[C@H](O)Cn1cc(/C=C/C(=O)c2ccccc2)c2ccccc21. The molecule has 0 saturated carbocycles. The number of hydrogen-bond acceptors (Lipinski definition) is 2. The van der Waals surface area contributed by atoms with Crippen LogP contribution in [0.2, 0.25) is 0 Å². The van der Waals surface area contributed by atoms with Gasteiger partial charge < -0.3 is 14.6 Å². The second-order valence-electron chi connectivity index (χ2n) is 8.63. The summed E-state index contributed by atoms with van der Waals surface area (Å²) in [5, 5.41) is 12.0. The lowest BCUT2D eigenvalue weighted by molar-refractivity contribution is -0.903. The summed E-state index contributed by atoms with van der Waals surface area (Å²) in [6.07, 6.45) is 9.94. The van der Waals surface area contributed by atoms with E-state index >= 15 is 0 Å². The maximum Gasteiger partial charge on any atom is 0.185 e. The maximum absolute atomic E-state index is 12.5. The Bertz CT molecular complexity index is 999. The zero-order chi connectivity index (χ0) is 22.8. The van der Waals surface area contributed by atoms with Crippen LogP contribution in [0, 0.1) is 0 Å². The van der Waals surface area contributed by atoms with E-state index in [9.17, 15) is 9.90 Å². The Balaban J connectivity index is 1.74. The summed E-state index contributed by atoms with van der Waals surface area (Å²) in [5.74, 6) is -0.00597. The number of hydrogen-bond donors (Lipinski definition) is 2. The first kappa shape index (κ1) is 24.0. The maximum atomic E-state index is 12.5. The molecule has 0 saturated heterocycles. The van der Waals surface area contributed by atoms with Gasteiger partial charge in [0.1, 0.15) is 12.6 Å². The first-order chi connectivity index (χ1) is 15.6. The number of benzene rings is 2. The molecule has 0 radical (unpaired) electrons. The van der Waals surface area contributed by atoms with Crippen molar-refractivity contribution in [1.29, 1.82) is 0 Å². The molecule has 0 aliphatic heterocycles. The van der Waals surface area contributed by atoms with Gasteiger partial charge in [0.25, 0.3) is 0 Å². The van der Waals surface area contributed by atoms with Gasteiger partial charge in [-0.3, -0.25) is 4.79 Å². The van der Waals surface area contributed by atoms with Gasteiger partial charge in [0.2, 0.25) is 0 Å². The Morgan fingerprint density at radius 2 is 1.66 bits per heavy atom. The number of carbonyl (C=O) groups excluding carboxylic acids is 1. The Morgan fingerprint density at radius 1 is 1.00 bits per heavy atom. The predicted molar refractivity (Wildman–Crippen MR) is 133 cm³/mol. The highest BCUT2D eigenvalue weighted by Crippen LogP contribution is 2.23. The predicted octanol–water partition coefficient (Wildman–Crippen LogP) is 4.38. The van der Waals surface area contributed by atoms with Crippen molar-refractivity contribution in [2.45, 2.75) is 52.2 Å². The van der Waals surface area contributed by atoms with E-state index < -0.39 is 6.10 Å². The quantitative estimate of drug-likeness (QED) is 0.310. The third kappa shape index (κ3) is 6.65. The van der Waals surface area contributed by atoms with E-state index in [1.165, 1.54) is 30.6 Å². The Hall–Kier alpha value is -2.69. The highest BCUT2D eigenvalue weighted by molar-refractivity contribution is 6.07. The van der Waals surface area contributed by atoms with Crippen LogP contribution < -0.4 is 4.90 Å². The van der Waals surface area contributed by atoms with Crippen molar-refractivity contribution in [2.24, 2.45) is 0 Å². The molecule has 0 bridgehead atoms. The van der Waals surface area contributed by atoms with Gasteiger partial charge in [0.15, 0.2) is 5.78 Å². The zero-order valence-corrected chi connectivity index (χ0v) is 19.5. The van der Waals surface area contributed by atoms with Gasteiger partial charge in [-0.2, -0.15) is 0 Å². The minimum atomic E-state index is -0.405. The number of quaternary nitrogens is 1. The van der Waals surface area contributed by atoms with Crippen LogP contribution in [0.15, 0.2) is 66.9 Å². The van der Waals surface area contributed by atoms with E-state index in [1.54, 1.807) is 6.08 Å². The van der Waals surface area contributed by atoms with E-state index in [2.05, 4.69) is 36.7 Å². The van der Waals surface area contributed by atoms with Gasteiger partial charge in [-0.05, 0) is 31.1 Å². The van der Waals surface area contributed by atoms with Crippen molar-refractivity contribution < 1.29 is 14.8 Å². The monoisotopic (exact) mass is 433 g/mol. The zero-order valence-electron chi connectivity index (χ0n) is 19.5. The fraction of sp³-hybridized carbons (Fsp3) is 0.393. The van der Waals surface area contributed by atoms with Crippen LogP contribution in [0.5, 0.6) is 0 Å². The van der Waals surface area contributed by atoms with Crippen LogP contribution in [0.4, 0.5) is 0 Å². The van der Waals surface area contributed by atoms with Crippen LogP contribution >= 0.6 is 0 Å². The number of ketones is 1. The minimum absolute atomic E-state index is 0.00597. The standard InChI is InChI=1S/C28H36N2O2/c1-3-5-18-29(19-6-4-2)21-25(31)22-30-20-24(26-14-10-11-15-27(26)30)16-17-28(32)23-12-8-7-9-13-23/h7-17,20,25,31H,3-6,18-19,21-22H2,1-2H3/p+1/b17-16+/t25-/m0/s1. The Kier molecular flexibility index (Phi) is 9.27. The van der Waals surface area contributed by atoms with E-state index in [0.717, 1.165) is 36.1 Å². The number of nitrogens with zero attached hydrogens (tertiary/aromatic N) is 1. The molecule has 4 heteroatoms. The van der Waals surface area contributed by atoms with Gasteiger partial charge in [-0.25, -0.2) is 0 Å². The third-order valence-electron chi connectivity index (χ3n) is 5.99. The van der Waals surface area contributed by atoms with Crippen molar-refractivity contribution in [1.82, 2.24) is 4.57 Å². The number of para-hydroxylation sites is 1. The van der Waals surface area contributed by atoms with Gasteiger partial charge in [-0.15, -0.1) is 0 Å². The summed E-state index contributed by atoms with van der Waals surface area (Å²) in [4.78, 5) is 14.0. The number of rotatable bonds is 13. The minimum Gasteiger partial charge on any atom is -0.385 e. The number of aromatic nitrogens is 1. The molecule has 0 spiro atoms. The fourth-order valence-corrected chi connectivity index (χ4v) is 4.23. The topological polar surface area (TPSA) is 46.7 Å². The first-order valence-corrected chi connectivity index (χ1v) is 12.0. The third-order valence-corrected chi connectivity index (χ3v) is 5.99. The molecule has 3 aromatic rings. The summed E-state index contributed by atoms with van der Waals surface area (Å²) in [6, 6.07) is 17.5.